The van der Waals surface area contributed by atoms with Crippen LogP contribution in [0.3, 0.4) is 0 Å². The number of carbonyl (C=O) groups excluding carboxylic acids is 1. The second-order valence-electron chi connectivity index (χ2n) is 7.67. The largest absolute Gasteiger partial charge is 0.496 e. The minimum absolute atomic E-state index is 0.0987. The van der Waals surface area contributed by atoms with Gasteiger partial charge in [0.05, 0.1) is 26.4 Å². The molecule has 0 spiro atoms. The number of hydrogen-bond acceptors (Lipinski definition) is 5. The van der Waals surface area contributed by atoms with E-state index in [1.54, 1.807) is 45.6 Å². The molecule has 3 aromatic carbocycles. The molecular formula is C26H25F2NO6. The van der Waals surface area contributed by atoms with E-state index in [1.807, 2.05) is 12.1 Å². The Morgan fingerprint density at radius 3 is 1.97 bits per heavy atom. The Kier molecular flexibility index (Phi) is 8.38. The van der Waals surface area contributed by atoms with Crippen LogP contribution in [-0.4, -0.2) is 44.4 Å². The topological polar surface area (TPSA) is 94.1 Å². The molecule has 1 amide bonds. The second kappa shape index (κ2) is 11.4. The summed E-state index contributed by atoms with van der Waals surface area (Å²) in [6.07, 6.45) is -0.0987. The number of aliphatic carboxylic acids is 1. The molecule has 9 heteroatoms. The first-order chi connectivity index (χ1) is 16.8. The molecule has 0 saturated carbocycles. The standard InChI is InChI=1S/C26H25F2NO6/c1-33-14-16-12-21(34-2)23(22(13-16)35-3)17-9-7-15(8-10-17)11-20(26(31)32)29-25(30)24-18(27)5-4-6-19(24)28/h4-10,12-13,20H,11,14H2,1-3H3,(H,29,30)(H,31,32). The van der Waals surface area contributed by atoms with Crippen molar-refractivity contribution in [1.82, 2.24) is 5.32 Å². The molecule has 0 saturated heterocycles. The van der Waals surface area contributed by atoms with Crippen molar-refractivity contribution in [1.29, 1.82) is 0 Å². The van der Waals surface area contributed by atoms with Crippen molar-refractivity contribution < 1.29 is 37.7 Å². The van der Waals surface area contributed by atoms with Gasteiger partial charge in [0.15, 0.2) is 0 Å². The fourth-order valence-corrected chi connectivity index (χ4v) is 3.69. The summed E-state index contributed by atoms with van der Waals surface area (Å²) in [5.74, 6) is -3.48. The molecular weight excluding hydrogens is 460 g/mol. The third-order valence-corrected chi connectivity index (χ3v) is 5.35. The van der Waals surface area contributed by atoms with Crippen LogP contribution in [0, 0.1) is 11.6 Å². The van der Waals surface area contributed by atoms with Crippen LogP contribution >= 0.6 is 0 Å². The summed E-state index contributed by atoms with van der Waals surface area (Å²) >= 11 is 0. The lowest BCUT2D eigenvalue weighted by Crippen LogP contribution is -2.42. The predicted molar refractivity (Wildman–Crippen MR) is 125 cm³/mol. The van der Waals surface area contributed by atoms with Crippen molar-refractivity contribution >= 4 is 11.9 Å². The van der Waals surface area contributed by atoms with Crippen molar-refractivity contribution in [3.8, 4) is 22.6 Å². The average Bonchev–Trinajstić information content (AvgIpc) is 2.83. The van der Waals surface area contributed by atoms with Crippen LogP contribution in [0.2, 0.25) is 0 Å². The highest BCUT2D eigenvalue weighted by Crippen LogP contribution is 2.40. The molecule has 0 aliphatic heterocycles. The third-order valence-electron chi connectivity index (χ3n) is 5.35. The van der Waals surface area contributed by atoms with E-state index in [1.165, 1.54) is 0 Å². The van der Waals surface area contributed by atoms with Crippen molar-refractivity contribution in [2.75, 3.05) is 21.3 Å². The highest BCUT2D eigenvalue weighted by atomic mass is 19.1. The fourth-order valence-electron chi connectivity index (χ4n) is 3.69. The van der Waals surface area contributed by atoms with E-state index in [2.05, 4.69) is 5.32 Å². The zero-order valence-corrected chi connectivity index (χ0v) is 19.4. The number of methoxy groups -OCH3 is 3. The summed E-state index contributed by atoms with van der Waals surface area (Å²) in [5.41, 5.74) is 2.10. The van der Waals surface area contributed by atoms with Gasteiger partial charge in [-0.05, 0) is 41.0 Å². The molecule has 35 heavy (non-hydrogen) atoms. The molecule has 0 radical (unpaired) electrons. The molecule has 0 bridgehead atoms. The summed E-state index contributed by atoms with van der Waals surface area (Å²) in [6.45, 7) is 0.380. The van der Waals surface area contributed by atoms with Crippen molar-refractivity contribution in [3.05, 3.63) is 82.9 Å². The smallest absolute Gasteiger partial charge is 0.326 e. The number of nitrogens with one attached hydrogen (secondary N) is 1. The highest BCUT2D eigenvalue weighted by molar-refractivity contribution is 5.97. The number of ether oxygens (including phenoxy) is 3. The molecule has 0 aliphatic carbocycles. The van der Waals surface area contributed by atoms with Gasteiger partial charge in [0, 0.05) is 13.5 Å². The second-order valence-corrected chi connectivity index (χ2v) is 7.67. The highest BCUT2D eigenvalue weighted by Gasteiger charge is 2.25. The first kappa shape index (κ1) is 25.6. The third kappa shape index (κ3) is 5.93. The molecule has 184 valence electrons. The molecule has 0 heterocycles. The van der Waals surface area contributed by atoms with E-state index >= 15 is 0 Å². The van der Waals surface area contributed by atoms with Gasteiger partial charge in [-0.15, -0.1) is 0 Å². The van der Waals surface area contributed by atoms with E-state index in [4.69, 9.17) is 14.2 Å². The van der Waals surface area contributed by atoms with E-state index in [-0.39, 0.29) is 6.42 Å². The number of carbonyl (C=O) groups is 2. The molecule has 0 aliphatic rings. The van der Waals surface area contributed by atoms with E-state index < -0.39 is 35.1 Å². The Bertz CT molecular complexity index is 1170. The Balaban J connectivity index is 1.84. The SMILES string of the molecule is COCc1cc(OC)c(-c2ccc(CC(NC(=O)c3c(F)cccc3F)C(=O)O)cc2)c(OC)c1. The predicted octanol–water partition coefficient (Wildman–Crippen LogP) is 4.22. The molecule has 1 atom stereocenters. The minimum atomic E-state index is -1.40. The molecule has 2 N–H and O–H groups in total. The van der Waals surface area contributed by atoms with Gasteiger partial charge in [-0.25, -0.2) is 13.6 Å². The Hall–Kier alpha value is -3.98. The van der Waals surface area contributed by atoms with Gasteiger partial charge in [-0.1, -0.05) is 30.3 Å². The molecule has 3 rings (SSSR count). The quantitative estimate of drug-likeness (QED) is 0.447. The molecule has 3 aromatic rings. The Morgan fingerprint density at radius 1 is 0.914 bits per heavy atom. The summed E-state index contributed by atoms with van der Waals surface area (Å²) in [7, 11) is 4.68. The molecule has 0 aromatic heterocycles. The number of rotatable bonds is 10. The van der Waals surface area contributed by atoms with Crippen molar-refractivity contribution in [2.45, 2.75) is 19.1 Å². The lowest BCUT2D eigenvalue weighted by atomic mass is 9.98. The van der Waals surface area contributed by atoms with Crippen LogP contribution in [0.1, 0.15) is 21.5 Å². The number of amides is 1. The van der Waals surface area contributed by atoms with Crippen LogP contribution in [0.25, 0.3) is 11.1 Å². The number of carboxylic acid groups (broad SMARTS) is 1. The van der Waals surface area contributed by atoms with Gasteiger partial charge in [0.25, 0.3) is 5.91 Å². The van der Waals surface area contributed by atoms with Gasteiger partial charge in [-0.2, -0.15) is 0 Å². The molecule has 0 fully saturated rings. The Morgan fingerprint density at radius 2 is 1.49 bits per heavy atom. The average molecular weight is 485 g/mol. The van der Waals surface area contributed by atoms with Crippen molar-refractivity contribution in [3.63, 3.8) is 0 Å². The summed E-state index contributed by atoms with van der Waals surface area (Å²) in [6, 6.07) is 12.2. The van der Waals surface area contributed by atoms with Crippen LogP contribution < -0.4 is 14.8 Å². The van der Waals surface area contributed by atoms with Crippen LogP contribution in [0.15, 0.2) is 54.6 Å². The summed E-state index contributed by atoms with van der Waals surface area (Å²) in [5, 5.41) is 11.8. The number of carboxylic acids is 1. The number of hydrogen-bond donors (Lipinski definition) is 2. The first-order valence-corrected chi connectivity index (χ1v) is 10.6. The van der Waals surface area contributed by atoms with E-state index in [0.29, 0.717) is 29.2 Å². The van der Waals surface area contributed by atoms with E-state index in [9.17, 15) is 23.5 Å². The van der Waals surface area contributed by atoms with Gasteiger partial charge in [0.2, 0.25) is 0 Å². The zero-order valence-electron chi connectivity index (χ0n) is 19.4. The van der Waals surface area contributed by atoms with Crippen LogP contribution in [0.5, 0.6) is 11.5 Å². The van der Waals surface area contributed by atoms with Crippen LogP contribution in [-0.2, 0) is 22.6 Å². The Labute approximate surface area is 201 Å². The van der Waals surface area contributed by atoms with Crippen LogP contribution in [0.4, 0.5) is 8.78 Å². The lowest BCUT2D eigenvalue weighted by Gasteiger charge is -2.17. The van der Waals surface area contributed by atoms with Gasteiger partial charge < -0.3 is 24.6 Å². The minimum Gasteiger partial charge on any atom is -0.496 e. The van der Waals surface area contributed by atoms with E-state index in [0.717, 1.165) is 29.3 Å². The maximum absolute atomic E-state index is 13.9. The lowest BCUT2D eigenvalue weighted by molar-refractivity contribution is -0.139. The normalized spacial score (nSPS) is 11.6. The maximum Gasteiger partial charge on any atom is 0.326 e. The summed E-state index contributed by atoms with van der Waals surface area (Å²) in [4.78, 5) is 24.1. The van der Waals surface area contributed by atoms with Gasteiger partial charge in [0.1, 0.15) is 34.7 Å². The monoisotopic (exact) mass is 485 g/mol. The first-order valence-electron chi connectivity index (χ1n) is 10.6. The van der Waals surface area contributed by atoms with Gasteiger partial charge in [-0.3, -0.25) is 4.79 Å². The summed E-state index contributed by atoms with van der Waals surface area (Å²) < 4.78 is 44.1. The zero-order chi connectivity index (χ0) is 25.5. The molecule has 7 nitrogen and oxygen atoms in total. The maximum atomic E-state index is 13.9. The van der Waals surface area contributed by atoms with Gasteiger partial charge >= 0.3 is 5.97 Å². The number of benzene rings is 3. The van der Waals surface area contributed by atoms with Crippen molar-refractivity contribution in [2.24, 2.45) is 0 Å². The molecule has 1 unspecified atom stereocenters. The number of halogens is 2. The fraction of sp³-hybridized carbons (Fsp3) is 0.231.